The van der Waals surface area contributed by atoms with Gasteiger partial charge in [0.05, 0.1) is 15.6 Å². The van der Waals surface area contributed by atoms with Gasteiger partial charge >= 0.3 is 0 Å². The zero-order chi connectivity index (χ0) is 16.4. The monoisotopic (exact) mass is 364 g/mol. The van der Waals surface area contributed by atoms with Crippen molar-refractivity contribution in [1.82, 2.24) is 5.32 Å². The Labute approximate surface area is 146 Å². The van der Waals surface area contributed by atoms with Gasteiger partial charge in [-0.2, -0.15) is 0 Å². The summed E-state index contributed by atoms with van der Waals surface area (Å²) < 4.78 is 0. The summed E-state index contributed by atoms with van der Waals surface area (Å²) in [4.78, 5) is 16.8. The van der Waals surface area contributed by atoms with E-state index in [-0.39, 0.29) is 16.7 Å². The molecule has 1 amide bonds. The summed E-state index contributed by atoms with van der Waals surface area (Å²) in [5, 5.41) is 13.6. The van der Waals surface area contributed by atoms with E-state index in [0.29, 0.717) is 20.7 Å². The predicted molar refractivity (Wildman–Crippen MR) is 95.4 cm³/mol. The highest BCUT2D eigenvalue weighted by molar-refractivity contribution is 8.18. The third-order valence-electron chi connectivity index (χ3n) is 2.98. The van der Waals surface area contributed by atoms with Gasteiger partial charge in [0.25, 0.3) is 5.91 Å². The van der Waals surface area contributed by atoms with Crippen LogP contribution in [0.4, 0.5) is 5.69 Å². The van der Waals surface area contributed by atoms with Gasteiger partial charge < -0.3 is 10.4 Å². The average Bonchev–Trinajstić information content (AvgIpc) is 2.85. The molecule has 1 heterocycles. The first-order valence-electron chi connectivity index (χ1n) is 6.55. The van der Waals surface area contributed by atoms with Crippen molar-refractivity contribution in [1.29, 1.82) is 0 Å². The molecule has 0 aromatic heterocycles. The second-order valence-corrected chi connectivity index (χ2v) is 6.52. The Morgan fingerprint density at radius 3 is 2.65 bits per heavy atom. The van der Waals surface area contributed by atoms with Gasteiger partial charge in [-0.3, -0.25) is 4.79 Å². The van der Waals surface area contributed by atoms with Crippen LogP contribution in [0.2, 0.25) is 10.0 Å². The number of aromatic hydroxyl groups is 1. The molecule has 1 saturated heterocycles. The van der Waals surface area contributed by atoms with E-state index in [2.05, 4.69) is 10.3 Å². The number of aliphatic imine (C=N–C) groups is 1. The SMILES string of the molecule is O=C1NC(=Nc2ccccc2)S/C1=C\c1cc(Cl)cc(Cl)c1O. The van der Waals surface area contributed by atoms with Crippen LogP contribution in [-0.2, 0) is 4.79 Å². The quantitative estimate of drug-likeness (QED) is 0.766. The molecule has 116 valence electrons. The number of nitrogens with one attached hydrogen (secondary N) is 1. The van der Waals surface area contributed by atoms with Crippen LogP contribution in [0.3, 0.4) is 0 Å². The minimum Gasteiger partial charge on any atom is -0.506 e. The number of phenolic OH excluding ortho intramolecular Hbond substituents is 1. The Kier molecular flexibility index (Phi) is 4.61. The van der Waals surface area contributed by atoms with Crippen LogP contribution in [0.5, 0.6) is 5.75 Å². The van der Waals surface area contributed by atoms with Gasteiger partial charge in [-0.25, -0.2) is 4.99 Å². The second-order valence-electron chi connectivity index (χ2n) is 4.64. The first-order valence-corrected chi connectivity index (χ1v) is 8.13. The van der Waals surface area contributed by atoms with E-state index in [1.54, 1.807) is 0 Å². The molecule has 3 rings (SSSR count). The molecule has 0 radical (unpaired) electrons. The fourth-order valence-corrected chi connectivity index (χ4v) is 3.28. The number of benzene rings is 2. The van der Waals surface area contributed by atoms with Crippen LogP contribution in [0.15, 0.2) is 52.4 Å². The minimum atomic E-state index is -0.292. The van der Waals surface area contributed by atoms with Crippen molar-refractivity contribution in [3.63, 3.8) is 0 Å². The Balaban J connectivity index is 1.90. The Bertz CT molecular complexity index is 835. The molecule has 2 N–H and O–H groups in total. The molecule has 4 nitrogen and oxygen atoms in total. The molecule has 1 fully saturated rings. The summed E-state index contributed by atoms with van der Waals surface area (Å²) in [5.74, 6) is -0.411. The van der Waals surface area contributed by atoms with E-state index in [1.807, 2.05) is 30.3 Å². The highest BCUT2D eigenvalue weighted by atomic mass is 35.5. The van der Waals surface area contributed by atoms with Crippen molar-refractivity contribution in [2.24, 2.45) is 4.99 Å². The predicted octanol–water partition coefficient (Wildman–Crippen LogP) is 4.59. The van der Waals surface area contributed by atoms with E-state index in [0.717, 1.165) is 5.69 Å². The Hall–Kier alpha value is -1.95. The zero-order valence-electron chi connectivity index (χ0n) is 11.6. The number of phenols is 1. The van der Waals surface area contributed by atoms with Gasteiger partial charge in [0.2, 0.25) is 0 Å². The van der Waals surface area contributed by atoms with Gasteiger partial charge in [0, 0.05) is 10.6 Å². The van der Waals surface area contributed by atoms with Gasteiger partial charge in [0.15, 0.2) is 5.17 Å². The summed E-state index contributed by atoms with van der Waals surface area (Å²) in [6.07, 6.45) is 1.53. The van der Waals surface area contributed by atoms with Crippen molar-refractivity contribution in [3.05, 3.63) is 63.0 Å². The topological polar surface area (TPSA) is 61.7 Å². The van der Waals surface area contributed by atoms with Gasteiger partial charge in [0.1, 0.15) is 5.75 Å². The molecule has 0 spiro atoms. The first kappa shape index (κ1) is 15.9. The number of amides is 1. The summed E-state index contributed by atoms with van der Waals surface area (Å²) >= 11 is 13.0. The molecule has 7 heteroatoms. The number of hydrogen-bond donors (Lipinski definition) is 2. The number of para-hydroxylation sites is 1. The number of rotatable bonds is 2. The molecule has 1 aliphatic heterocycles. The maximum absolute atomic E-state index is 12.0. The second kappa shape index (κ2) is 6.66. The molecule has 0 atom stereocenters. The molecular formula is C16H10Cl2N2O2S. The maximum Gasteiger partial charge on any atom is 0.264 e. The first-order chi connectivity index (χ1) is 11.0. The maximum atomic E-state index is 12.0. The van der Waals surface area contributed by atoms with Crippen molar-refractivity contribution in [2.75, 3.05) is 0 Å². The van der Waals surface area contributed by atoms with E-state index in [1.165, 1.54) is 30.0 Å². The molecule has 0 unspecified atom stereocenters. The number of nitrogens with zero attached hydrogens (tertiary/aromatic N) is 1. The van der Waals surface area contributed by atoms with Crippen LogP contribution in [0, 0.1) is 0 Å². The molecule has 0 bridgehead atoms. The van der Waals surface area contributed by atoms with Crippen molar-refractivity contribution in [2.45, 2.75) is 0 Å². The number of hydrogen-bond acceptors (Lipinski definition) is 4. The fraction of sp³-hybridized carbons (Fsp3) is 0. The van der Waals surface area contributed by atoms with Crippen molar-refractivity contribution < 1.29 is 9.90 Å². The largest absolute Gasteiger partial charge is 0.506 e. The lowest BCUT2D eigenvalue weighted by molar-refractivity contribution is -0.115. The smallest absolute Gasteiger partial charge is 0.264 e. The molecular weight excluding hydrogens is 355 g/mol. The lowest BCUT2D eigenvalue weighted by Crippen LogP contribution is -2.19. The van der Waals surface area contributed by atoms with Crippen LogP contribution in [0.25, 0.3) is 6.08 Å². The van der Waals surface area contributed by atoms with E-state index < -0.39 is 0 Å². The number of carbonyl (C=O) groups is 1. The fourth-order valence-electron chi connectivity index (χ4n) is 1.94. The van der Waals surface area contributed by atoms with Gasteiger partial charge in [-0.15, -0.1) is 0 Å². The van der Waals surface area contributed by atoms with E-state index in [9.17, 15) is 9.90 Å². The Morgan fingerprint density at radius 2 is 1.91 bits per heavy atom. The summed E-state index contributed by atoms with van der Waals surface area (Å²) in [7, 11) is 0. The number of amidine groups is 1. The summed E-state index contributed by atoms with van der Waals surface area (Å²) in [6, 6.07) is 12.3. The van der Waals surface area contributed by atoms with E-state index in [4.69, 9.17) is 23.2 Å². The van der Waals surface area contributed by atoms with E-state index >= 15 is 0 Å². The highest BCUT2D eigenvalue weighted by Gasteiger charge is 2.24. The van der Waals surface area contributed by atoms with Crippen molar-refractivity contribution >= 4 is 57.8 Å². The third-order valence-corrected chi connectivity index (χ3v) is 4.40. The lowest BCUT2D eigenvalue weighted by atomic mass is 10.2. The van der Waals surface area contributed by atoms with Crippen molar-refractivity contribution in [3.8, 4) is 5.75 Å². The molecule has 23 heavy (non-hydrogen) atoms. The highest BCUT2D eigenvalue weighted by Crippen LogP contribution is 2.35. The molecule has 0 saturated carbocycles. The molecule has 2 aromatic rings. The van der Waals surface area contributed by atoms with Crippen LogP contribution >= 0.6 is 35.0 Å². The third kappa shape index (κ3) is 3.69. The average molecular weight is 365 g/mol. The summed E-state index contributed by atoms with van der Waals surface area (Å²) in [6.45, 7) is 0. The standard InChI is InChI=1S/C16H10Cl2N2O2S/c17-10-6-9(14(21)12(18)8-10)7-13-15(22)20-16(23-13)19-11-4-2-1-3-5-11/h1-8,21H,(H,19,20,22)/b13-7-. The van der Waals surface area contributed by atoms with Gasteiger partial charge in [-0.05, 0) is 42.1 Å². The number of thioether (sulfide) groups is 1. The number of halogens is 2. The molecule has 1 aliphatic rings. The van der Waals surface area contributed by atoms with Crippen LogP contribution in [-0.4, -0.2) is 16.2 Å². The van der Waals surface area contributed by atoms with Crippen LogP contribution < -0.4 is 5.32 Å². The normalized spacial score (nSPS) is 17.7. The van der Waals surface area contributed by atoms with Gasteiger partial charge in [-0.1, -0.05) is 41.4 Å². The minimum absolute atomic E-state index is 0.120. The van der Waals surface area contributed by atoms with Crippen LogP contribution in [0.1, 0.15) is 5.56 Å². The zero-order valence-corrected chi connectivity index (χ0v) is 13.9. The summed E-state index contributed by atoms with van der Waals surface area (Å²) in [5.41, 5.74) is 1.12. The molecule has 2 aromatic carbocycles. The molecule has 0 aliphatic carbocycles. The Morgan fingerprint density at radius 1 is 1.17 bits per heavy atom. The number of carbonyl (C=O) groups excluding carboxylic acids is 1. The lowest BCUT2D eigenvalue weighted by Gasteiger charge is -2.03.